The van der Waals surface area contributed by atoms with E-state index < -0.39 is 6.04 Å². The second-order valence-corrected chi connectivity index (χ2v) is 8.41. The normalized spacial score (nSPS) is 12.0. The van der Waals surface area contributed by atoms with E-state index in [0.29, 0.717) is 21.5 Å². The van der Waals surface area contributed by atoms with Crippen LogP contribution in [0.2, 0.25) is 15.1 Å². The van der Waals surface area contributed by atoms with Gasteiger partial charge in [0, 0.05) is 17.6 Å². The Bertz CT molecular complexity index is 871. The molecule has 0 unspecified atom stereocenters. The lowest BCUT2D eigenvalue weighted by molar-refractivity contribution is -0.141. The zero-order chi connectivity index (χ0) is 21.6. The monoisotopic (exact) mass is 454 g/mol. The summed E-state index contributed by atoms with van der Waals surface area (Å²) in [6.45, 7) is 5.92. The van der Waals surface area contributed by atoms with Crippen molar-refractivity contribution >= 4 is 46.6 Å². The van der Waals surface area contributed by atoms with E-state index in [1.165, 1.54) is 0 Å². The molecule has 0 aliphatic carbocycles. The molecule has 0 saturated carbocycles. The number of carbonyl (C=O) groups excluding carboxylic acids is 2. The number of hydrogen-bond acceptors (Lipinski definition) is 2. The Kier molecular flexibility index (Phi) is 8.81. The van der Waals surface area contributed by atoms with E-state index in [0.717, 1.165) is 11.1 Å². The highest BCUT2D eigenvalue weighted by atomic mass is 35.5. The van der Waals surface area contributed by atoms with Gasteiger partial charge >= 0.3 is 0 Å². The molecule has 7 heteroatoms. The Morgan fingerprint density at radius 1 is 1.00 bits per heavy atom. The molecule has 0 heterocycles. The van der Waals surface area contributed by atoms with Crippen LogP contribution in [0.4, 0.5) is 0 Å². The van der Waals surface area contributed by atoms with Gasteiger partial charge in [-0.05, 0) is 55.7 Å². The third kappa shape index (κ3) is 6.91. The second-order valence-electron chi connectivity index (χ2n) is 7.16. The summed E-state index contributed by atoms with van der Waals surface area (Å²) in [6.07, 6.45) is 0.633. The van der Waals surface area contributed by atoms with Crippen molar-refractivity contribution in [3.05, 3.63) is 68.7 Å². The van der Waals surface area contributed by atoms with Crippen molar-refractivity contribution in [3.8, 4) is 0 Å². The maximum absolute atomic E-state index is 13.2. The van der Waals surface area contributed by atoms with Gasteiger partial charge in [0.25, 0.3) is 0 Å². The van der Waals surface area contributed by atoms with Gasteiger partial charge in [0.05, 0.1) is 16.5 Å². The average Bonchev–Trinajstić information content (AvgIpc) is 2.63. The number of halogens is 3. The number of nitrogens with one attached hydrogen (secondary N) is 1. The van der Waals surface area contributed by atoms with E-state index in [1.807, 2.05) is 26.8 Å². The molecule has 0 bridgehead atoms. The predicted molar refractivity (Wildman–Crippen MR) is 120 cm³/mol. The minimum absolute atomic E-state index is 0.0218. The molecule has 2 aromatic rings. The molecular weight excluding hydrogens is 431 g/mol. The van der Waals surface area contributed by atoms with Crippen LogP contribution in [0.1, 0.15) is 38.3 Å². The van der Waals surface area contributed by atoms with Gasteiger partial charge in [0.2, 0.25) is 11.8 Å². The fourth-order valence-corrected chi connectivity index (χ4v) is 3.59. The first-order valence-corrected chi connectivity index (χ1v) is 10.6. The Morgan fingerprint density at radius 2 is 1.72 bits per heavy atom. The summed E-state index contributed by atoms with van der Waals surface area (Å²) in [5.74, 6) is -0.342. The largest absolute Gasteiger partial charge is 0.352 e. The number of rotatable bonds is 8. The fraction of sp³-hybridized carbons (Fsp3) is 0.364. The van der Waals surface area contributed by atoms with Crippen molar-refractivity contribution in [3.63, 3.8) is 0 Å². The Hall–Kier alpha value is -1.75. The summed E-state index contributed by atoms with van der Waals surface area (Å²) in [4.78, 5) is 27.6. The maximum Gasteiger partial charge on any atom is 0.243 e. The smallest absolute Gasteiger partial charge is 0.243 e. The Morgan fingerprint density at radius 3 is 2.31 bits per heavy atom. The molecule has 0 spiro atoms. The van der Waals surface area contributed by atoms with Crippen LogP contribution in [0.15, 0.2) is 42.5 Å². The zero-order valence-electron chi connectivity index (χ0n) is 16.7. The van der Waals surface area contributed by atoms with Crippen LogP contribution in [-0.4, -0.2) is 28.8 Å². The first-order valence-electron chi connectivity index (χ1n) is 9.49. The lowest BCUT2D eigenvalue weighted by atomic mass is 10.1. The number of hydrogen-bond donors (Lipinski definition) is 1. The molecule has 4 nitrogen and oxygen atoms in total. The van der Waals surface area contributed by atoms with E-state index in [9.17, 15) is 9.59 Å². The summed E-state index contributed by atoms with van der Waals surface area (Å²) in [5, 5.41) is 4.32. The third-order valence-electron chi connectivity index (χ3n) is 4.40. The van der Waals surface area contributed by atoms with Crippen LogP contribution in [-0.2, 0) is 22.6 Å². The topological polar surface area (TPSA) is 49.4 Å². The van der Waals surface area contributed by atoms with Crippen molar-refractivity contribution in [2.24, 2.45) is 0 Å². The summed E-state index contributed by atoms with van der Waals surface area (Å²) < 4.78 is 0. The minimum Gasteiger partial charge on any atom is -0.352 e. The number of amides is 2. The maximum atomic E-state index is 13.2. The molecular formula is C22H25Cl3N2O2. The number of nitrogens with zero attached hydrogens (tertiary/aromatic N) is 1. The van der Waals surface area contributed by atoms with Gasteiger partial charge in [-0.25, -0.2) is 0 Å². The lowest BCUT2D eigenvalue weighted by Gasteiger charge is -2.31. The number of benzene rings is 2. The van der Waals surface area contributed by atoms with E-state index in [4.69, 9.17) is 34.8 Å². The van der Waals surface area contributed by atoms with Gasteiger partial charge in [-0.2, -0.15) is 0 Å². The lowest BCUT2D eigenvalue weighted by Crippen LogP contribution is -2.50. The second kappa shape index (κ2) is 10.9. The minimum atomic E-state index is -0.599. The van der Waals surface area contributed by atoms with Crippen LogP contribution >= 0.6 is 34.8 Å². The summed E-state index contributed by atoms with van der Waals surface area (Å²) >= 11 is 18.2. The van der Waals surface area contributed by atoms with E-state index in [-0.39, 0.29) is 30.8 Å². The Balaban J connectivity index is 2.32. The van der Waals surface area contributed by atoms with Gasteiger partial charge in [0.15, 0.2) is 0 Å². The van der Waals surface area contributed by atoms with Gasteiger partial charge in [-0.3, -0.25) is 9.59 Å². The zero-order valence-corrected chi connectivity index (χ0v) is 19.0. The summed E-state index contributed by atoms with van der Waals surface area (Å²) in [6, 6.07) is 11.8. The van der Waals surface area contributed by atoms with Gasteiger partial charge < -0.3 is 10.2 Å². The molecule has 2 aromatic carbocycles. The van der Waals surface area contributed by atoms with Crippen molar-refractivity contribution in [1.82, 2.24) is 10.2 Å². The van der Waals surface area contributed by atoms with Crippen molar-refractivity contribution in [1.29, 1.82) is 0 Å². The molecule has 0 saturated heterocycles. The van der Waals surface area contributed by atoms with Crippen molar-refractivity contribution < 1.29 is 9.59 Å². The van der Waals surface area contributed by atoms with Crippen molar-refractivity contribution in [2.45, 2.75) is 52.2 Å². The highest BCUT2D eigenvalue weighted by Gasteiger charge is 2.29. The highest BCUT2D eigenvalue weighted by molar-refractivity contribution is 6.42. The predicted octanol–water partition coefficient (Wildman–Crippen LogP) is 5.52. The summed E-state index contributed by atoms with van der Waals surface area (Å²) in [7, 11) is 0. The van der Waals surface area contributed by atoms with Crippen LogP contribution in [0.25, 0.3) is 0 Å². The molecule has 2 rings (SSSR count). The molecule has 0 aromatic heterocycles. The van der Waals surface area contributed by atoms with E-state index >= 15 is 0 Å². The fourth-order valence-electron chi connectivity index (χ4n) is 3.06. The van der Waals surface area contributed by atoms with E-state index in [1.54, 1.807) is 41.3 Å². The van der Waals surface area contributed by atoms with E-state index in [2.05, 4.69) is 5.32 Å². The standard InChI is InChI=1S/C22H25Cl3N2O2/c1-4-20(22(29)26-14(2)3)27(13-16-8-9-18(24)19(25)11-16)21(28)12-15-6-5-7-17(23)10-15/h5-11,14,20H,4,12-13H2,1-3H3,(H,26,29)/t20-/m0/s1. The molecule has 2 amide bonds. The van der Waals surface area contributed by atoms with Crippen LogP contribution in [0.5, 0.6) is 0 Å². The quantitative estimate of drug-likeness (QED) is 0.569. The first kappa shape index (κ1) is 23.5. The molecule has 0 aliphatic heterocycles. The molecule has 0 radical (unpaired) electrons. The Labute approximate surface area is 187 Å². The third-order valence-corrected chi connectivity index (χ3v) is 5.37. The molecule has 0 fully saturated rings. The van der Waals surface area contributed by atoms with Gasteiger partial charge in [-0.15, -0.1) is 0 Å². The first-order chi connectivity index (χ1) is 13.7. The van der Waals surface area contributed by atoms with Crippen LogP contribution < -0.4 is 5.32 Å². The average molecular weight is 456 g/mol. The highest BCUT2D eigenvalue weighted by Crippen LogP contribution is 2.24. The molecule has 0 aliphatic rings. The van der Waals surface area contributed by atoms with Gasteiger partial charge in [0.1, 0.15) is 6.04 Å². The van der Waals surface area contributed by atoms with Crippen LogP contribution in [0.3, 0.4) is 0 Å². The molecule has 29 heavy (non-hydrogen) atoms. The van der Waals surface area contributed by atoms with Gasteiger partial charge in [-0.1, -0.05) is 59.9 Å². The van der Waals surface area contributed by atoms with Crippen molar-refractivity contribution in [2.75, 3.05) is 0 Å². The summed E-state index contributed by atoms with van der Waals surface area (Å²) in [5.41, 5.74) is 1.59. The molecule has 1 N–H and O–H groups in total. The molecule has 156 valence electrons. The molecule has 1 atom stereocenters. The van der Waals surface area contributed by atoms with Crippen LogP contribution in [0, 0.1) is 0 Å². The SMILES string of the molecule is CC[C@@H](C(=O)NC(C)C)N(Cc1ccc(Cl)c(Cl)c1)C(=O)Cc1cccc(Cl)c1. The number of carbonyl (C=O) groups is 2.